The van der Waals surface area contributed by atoms with E-state index >= 15 is 0 Å². The minimum atomic E-state index is -0.511. The lowest BCUT2D eigenvalue weighted by atomic mass is 9.99. The quantitative estimate of drug-likeness (QED) is 0.813. The van der Waals surface area contributed by atoms with Crippen molar-refractivity contribution in [2.45, 2.75) is 12.5 Å². The Kier molecular flexibility index (Phi) is 6.25. The molecule has 27 heavy (non-hydrogen) atoms. The van der Waals surface area contributed by atoms with Gasteiger partial charge in [-0.3, -0.25) is 4.90 Å². The molecule has 1 atom stereocenters. The number of cyclic esters (lactones) is 1. The molecule has 2 aromatic rings. The largest absolute Gasteiger partial charge is 0.472 e. The first-order chi connectivity index (χ1) is 12.7. The molecule has 2 aliphatic rings. The molecule has 1 fully saturated rings. The minimum Gasteiger partial charge on any atom is -0.472 e. The number of hydrogen-bond acceptors (Lipinski definition) is 7. The van der Waals surface area contributed by atoms with Gasteiger partial charge < -0.3 is 14.8 Å². The van der Waals surface area contributed by atoms with Gasteiger partial charge in [-0.05, 0) is 36.7 Å². The topological polar surface area (TPSA) is 76.6 Å². The first-order valence-corrected chi connectivity index (χ1v) is 9.02. The third kappa shape index (κ3) is 4.37. The number of nitrogens with one attached hydrogen (secondary N) is 1. The zero-order chi connectivity index (χ0) is 17.9. The molecule has 0 saturated carbocycles. The fourth-order valence-corrected chi connectivity index (χ4v) is 3.38. The zero-order valence-corrected chi connectivity index (χ0v) is 15.9. The third-order valence-corrected chi connectivity index (χ3v) is 4.77. The number of ether oxygens (including phenoxy) is 2. The van der Waals surface area contributed by atoms with Gasteiger partial charge in [0.25, 0.3) is 0 Å². The van der Waals surface area contributed by atoms with Gasteiger partial charge in [0.05, 0.1) is 24.0 Å². The van der Waals surface area contributed by atoms with E-state index in [-0.39, 0.29) is 24.8 Å². The lowest BCUT2D eigenvalue weighted by Gasteiger charge is -2.17. The van der Waals surface area contributed by atoms with Crippen LogP contribution < -0.4 is 15.0 Å². The summed E-state index contributed by atoms with van der Waals surface area (Å²) in [4.78, 5) is 13.5. The fourth-order valence-electron chi connectivity index (χ4n) is 3.02. The number of halogens is 2. The molecule has 10 heteroatoms. The molecule has 2 aliphatic heterocycles. The van der Waals surface area contributed by atoms with Gasteiger partial charge in [0.15, 0.2) is 6.10 Å². The monoisotopic (exact) mass is 412 g/mol. The highest BCUT2D eigenvalue weighted by molar-refractivity contribution is 6.99. The third-order valence-electron chi connectivity index (χ3n) is 4.31. The summed E-state index contributed by atoms with van der Waals surface area (Å²) in [6.07, 6.45) is 3.32. The first-order valence-electron chi connectivity index (χ1n) is 8.29. The Morgan fingerprint density at radius 1 is 1.44 bits per heavy atom. The van der Waals surface area contributed by atoms with Crippen molar-refractivity contribution in [3.8, 4) is 5.88 Å². The van der Waals surface area contributed by atoms with Gasteiger partial charge in [-0.25, -0.2) is 9.18 Å². The summed E-state index contributed by atoms with van der Waals surface area (Å²) < 4.78 is 33.1. The van der Waals surface area contributed by atoms with Crippen LogP contribution in [-0.4, -0.2) is 47.2 Å². The highest BCUT2D eigenvalue weighted by Crippen LogP contribution is 2.28. The molecule has 1 N–H and O–H groups in total. The molecule has 0 bridgehead atoms. The molecule has 3 heterocycles. The van der Waals surface area contributed by atoms with Crippen LogP contribution in [0.5, 0.6) is 5.88 Å². The van der Waals surface area contributed by atoms with Crippen molar-refractivity contribution in [2.75, 3.05) is 31.1 Å². The molecule has 1 amide bonds. The SMILES string of the molecule is Cl.O=C1O[C@@H](COc2cnsn2)CN1c1ccc(C2=CCNCC2)c(F)c1. The molecular weight excluding hydrogens is 395 g/mol. The van der Waals surface area contributed by atoms with Crippen molar-refractivity contribution in [2.24, 2.45) is 0 Å². The second-order valence-corrected chi connectivity index (χ2v) is 6.58. The Labute approximate surface area is 165 Å². The molecular formula is C17H18ClFN4O3S. The number of nitrogens with zero attached hydrogens (tertiary/aromatic N) is 3. The Balaban J connectivity index is 0.00000210. The molecule has 4 rings (SSSR count). The van der Waals surface area contributed by atoms with E-state index in [1.807, 2.05) is 6.08 Å². The highest BCUT2D eigenvalue weighted by atomic mass is 35.5. The van der Waals surface area contributed by atoms with E-state index in [1.165, 1.54) is 17.2 Å². The van der Waals surface area contributed by atoms with Gasteiger partial charge >= 0.3 is 6.09 Å². The number of anilines is 1. The average molecular weight is 413 g/mol. The van der Waals surface area contributed by atoms with Crippen LogP contribution >= 0.6 is 24.1 Å². The van der Waals surface area contributed by atoms with Crippen molar-refractivity contribution in [1.82, 2.24) is 14.1 Å². The standard InChI is InChI=1S/C17H17FN4O3S.ClH/c18-15-7-12(1-2-14(15)11-3-5-19-6-4-11)22-9-13(25-17(22)23)10-24-16-8-20-26-21-16;/h1-3,7-8,13,19H,4-6,9-10H2;1H/t13-;/m1./s1. The van der Waals surface area contributed by atoms with Gasteiger partial charge in [0.1, 0.15) is 18.6 Å². The lowest BCUT2D eigenvalue weighted by Crippen LogP contribution is -2.26. The van der Waals surface area contributed by atoms with Crippen molar-refractivity contribution < 1.29 is 18.7 Å². The molecule has 0 unspecified atom stereocenters. The van der Waals surface area contributed by atoms with Gasteiger partial charge in [-0.2, -0.15) is 4.37 Å². The van der Waals surface area contributed by atoms with Gasteiger partial charge in [-0.15, -0.1) is 16.8 Å². The predicted octanol–water partition coefficient (Wildman–Crippen LogP) is 2.88. The smallest absolute Gasteiger partial charge is 0.414 e. The van der Waals surface area contributed by atoms with Crippen LogP contribution in [0.25, 0.3) is 5.57 Å². The average Bonchev–Trinajstić information content (AvgIpc) is 3.30. The number of hydrogen-bond donors (Lipinski definition) is 1. The minimum absolute atomic E-state index is 0. The Hall–Kier alpha value is -2.23. The molecule has 0 aliphatic carbocycles. The summed E-state index contributed by atoms with van der Waals surface area (Å²) >= 11 is 1.04. The van der Waals surface area contributed by atoms with Crippen molar-refractivity contribution in [3.05, 3.63) is 41.9 Å². The maximum absolute atomic E-state index is 14.6. The Morgan fingerprint density at radius 3 is 3.04 bits per heavy atom. The predicted molar refractivity (Wildman–Crippen MR) is 102 cm³/mol. The second-order valence-electron chi connectivity index (χ2n) is 6.02. The number of benzene rings is 1. The van der Waals surface area contributed by atoms with Gasteiger partial charge in [0, 0.05) is 12.1 Å². The van der Waals surface area contributed by atoms with Crippen molar-refractivity contribution in [3.63, 3.8) is 0 Å². The zero-order valence-electron chi connectivity index (χ0n) is 14.3. The van der Waals surface area contributed by atoms with Crippen LogP contribution in [0, 0.1) is 5.82 Å². The van der Waals surface area contributed by atoms with Crippen LogP contribution in [-0.2, 0) is 4.74 Å². The van der Waals surface area contributed by atoms with Gasteiger partial charge in [-0.1, -0.05) is 6.08 Å². The maximum Gasteiger partial charge on any atom is 0.414 e. The molecule has 0 spiro atoms. The van der Waals surface area contributed by atoms with Crippen LogP contribution in [0.15, 0.2) is 30.5 Å². The summed E-state index contributed by atoms with van der Waals surface area (Å²) in [5, 5.41) is 3.20. The van der Waals surface area contributed by atoms with E-state index in [2.05, 4.69) is 14.1 Å². The van der Waals surface area contributed by atoms with E-state index in [4.69, 9.17) is 9.47 Å². The number of carbonyl (C=O) groups is 1. The van der Waals surface area contributed by atoms with Crippen LogP contribution in [0.3, 0.4) is 0 Å². The summed E-state index contributed by atoms with van der Waals surface area (Å²) in [7, 11) is 0. The number of aromatic nitrogens is 2. The van der Waals surface area contributed by atoms with Crippen molar-refractivity contribution in [1.29, 1.82) is 0 Å². The molecule has 7 nitrogen and oxygen atoms in total. The Bertz CT molecular complexity index is 834. The molecule has 1 aromatic carbocycles. The second kappa shape index (κ2) is 8.64. The summed E-state index contributed by atoms with van der Waals surface area (Å²) in [5.41, 5.74) is 2.04. The number of rotatable bonds is 5. The molecule has 0 radical (unpaired) electrons. The van der Waals surface area contributed by atoms with Gasteiger partial charge in [0.2, 0.25) is 5.88 Å². The molecule has 1 aromatic heterocycles. The highest BCUT2D eigenvalue weighted by Gasteiger charge is 2.33. The molecule has 1 saturated heterocycles. The lowest BCUT2D eigenvalue weighted by molar-refractivity contribution is 0.103. The number of carbonyl (C=O) groups excluding carboxylic acids is 1. The summed E-state index contributed by atoms with van der Waals surface area (Å²) in [5.74, 6) is 0.0619. The first kappa shape index (κ1) is 19.5. The van der Waals surface area contributed by atoms with E-state index in [0.29, 0.717) is 23.7 Å². The van der Waals surface area contributed by atoms with E-state index in [0.717, 1.165) is 36.8 Å². The normalized spacial score (nSPS) is 19.3. The van der Waals surface area contributed by atoms with Crippen molar-refractivity contribution >= 4 is 41.5 Å². The van der Waals surface area contributed by atoms with Crippen LogP contribution in [0.2, 0.25) is 0 Å². The van der Waals surface area contributed by atoms with Crippen LogP contribution in [0.4, 0.5) is 14.9 Å². The fraction of sp³-hybridized carbons (Fsp3) is 0.353. The van der Waals surface area contributed by atoms with E-state index < -0.39 is 12.2 Å². The molecule has 144 valence electrons. The summed E-state index contributed by atoms with van der Waals surface area (Å²) in [6.45, 7) is 2.04. The maximum atomic E-state index is 14.6. The number of amides is 1. The van der Waals surface area contributed by atoms with E-state index in [1.54, 1.807) is 12.1 Å². The Morgan fingerprint density at radius 2 is 2.33 bits per heavy atom. The summed E-state index contributed by atoms with van der Waals surface area (Å²) in [6, 6.07) is 4.85. The van der Waals surface area contributed by atoms with E-state index in [9.17, 15) is 9.18 Å². The van der Waals surface area contributed by atoms with Crippen LogP contribution in [0.1, 0.15) is 12.0 Å².